The minimum Gasteiger partial charge on any atom is -0.394 e. The lowest BCUT2D eigenvalue weighted by molar-refractivity contribution is -0.336. The lowest BCUT2D eigenvalue weighted by Gasteiger charge is -2.42. The molecule has 0 aliphatic carbocycles. The number of carbonyl (C=O) groups excluding carboxylic acids is 1. The van der Waals surface area contributed by atoms with Crippen molar-refractivity contribution in [1.29, 1.82) is 0 Å². The van der Waals surface area contributed by atoms with Crippen molar-refractivity contribution in [3.63, 3.8) is 0 Å². The van der Waals surface area contributed by atoms with Gasteiger partial charge in [0.15, 0.2) is 18.9 Å². The Balaban J connectivity index is 1.93. The van der Waals surface area contributed by atoms with Crippen LogP contribution in [0.5, 0.6) is 0 Å². The largest absolute Gasteiger partial charge is 0.394 e. The van der Waals surface area contributed by atoms with Gasteiger partial charge in [-0.2, -0.15) is 0 Å². The van der Waals surface area contributed by atoms with Gasteiger partial charge in [0.25, 0.3) is 0 Å². The molecule has 2 aliphatic rings. The van der Waals surface area contributed by atoms with Gasteiger partial charge in [-0.05, 0) is 0 Å². The van der Waals surface area contributed by atoms with E-state index in [1.807, 2.05) is 0 Å². The zero-order valence-electron chi connectivity index (χ0n) is 14.7. The first kappa shape index (κ1) is 23.5. The second-order valence-corrected chi connectivity index (χ2v) is 6.58. The predicted octanol–water partition coefficient (Wildman–Crippen LogP) is -5.81. The molecule has 28 heavy (non-hydrogen) atoms. The second-order valence-electron chi connectivity index (χ2n) is 6.58. The molecule has 0 saturated carbocycles. The maximum absolute atomic E-state index is 10.5. The second kappa shape index (κ2) is 10.3. The Hall–Kier alpha value is -0.810. The van der Waals surface area contributed by atoms with E-state index in [1.54, 1.807) is 0 Å². The molecule has 0 amide bonds. The van der Waals surface area contributed by atoms with E-state index in [9.17, 15) is 45.6 Å². The van der Waals surface area contributed by atoms with E-state index in [-0.39, 0.29) is 19.5 Å². The molecule has 13 nitrogen and oxygen atoms in total. The number of aldehydes is 1. The SMILES string of the molecule is O=C[C@H](O)[C@@H](O)[C@H](CO)O[C@@H]1OC[C@@H](O[C@@H]2OC[C@@H](O)[C@H](O)[C@H]2O)[C@H](O)[C@H]1O. The Morgan fingerprint density at radius 2 is 1.54 bits per heavy atom. The number of rotatable bonds is 8. The minimum atomic E-state index is -1.84. The number of aliphatic hydroxyl groups is 8. The summed E-state index contributed by atoms with van der Waals surface area (Å²) in [6.45, 7) is -1.52. The van der Waals surface area contributed by atoms with E-state index in [0.717, 1.165) is 0 Å². The van der Waals surface area contributed by atoms with Crippen LogP contribution >= 0.6 is 0 Å². The van der Waals surface area contributed by atoms with Gasteiger partial charge in [0.05, 0.1) is 19.8 Å². The van der Waals surface area contributed by atoms with Gasteiger partial charge < -0.3 is 64.6 Å². The normalized spacial score (nSPS) is 42.6. The first-order valence-electron chi connectivity index (χ1n) is 8.58. The van der Waals surface area contributed by atoms with Crippen molar-refractivity contribution in [1.82, 2.24) is 0 Å². The standard InChI is InChI=1S/C15H26O13/c16-1-5(18)9(20)7(2-17)27-15-13(24)11(22)8(4-26-15)28-14-12(23)10(21)6(19)3-25-14/h1,5-15,17-24H,2-4H2/t5-,6+,7-,8+,9+,10-,11-,12+,13+,14-,15-/m0/s1. The molecule has 2 aliphatic heterocycles. The highest BCUT2D eigenvalue weighted by Gasteiger charge is 2.46. The van der Waals surface area contributed by atoms with Crippen molar-refractivity contribution in [2.45, 2.75) is 67.5 Å². The minimum absolute atomic E-state index is 0.0361. The molecule has 2 heterocycles. The summed E-state index contributed by atoms with van der Waals surface area (Å²) in [7, 11) is 0. The maximum atomic E-state index is 10.5. The average Bonchev–Trinajstić information content (AvgIpc) is 2.69. The third kappa shape index (κ3) is 5.21. The summed E-state index contributed by atoms with van der Waals surface area (Å²) in [6.07, 6.45) is -17.1. The van der Waals surface area contributed by atoms with E-state index >= 15 is 0 Å². The number of hydrogen-bond donors (Lipinski definition) is 8. The fourth-order valence-corrected chi connectivity index (χ4v) is 2.78. The molecular formula is C15H26O13. The van der Waals surface area contributed by atoms with Crippen LogP contribution in [0.2, 0.25) is 0 Å². The molecule has 13 heteroatoms. The molecule has 11 atom stereocenters. The summed E-state index contributed by atoms with van der Waals surface area (Å²) in [4.78, 5) is 10.5. The molecule has 0 aromatic rings. The first-order chi connectivity index (χ1) is 13.2. The third-order valence-electron chi connectivity index (χ3n) is 4.56. The Labute approximate surface area is 159 Å². The van der Waals surface area contributed by atoms with Gasteiger partial charge in [-0.3, -0.25) is 0 Å². The molecular weight excluding hydrogens is 388 g/mol. The molecule has 0 spiro atoms. The van der Waals surface area contributed by atoms with E-state index in [0.29, 0.717) is 0 Å². The van der Waals surface area contributed by atoms with Crippen LogP contribution in [0.25, 0.3) is 0 Å². The van der Waals surface area contributed by atoms with Gasteiger partial charge in [0.2, 0.25) is 0 Å². The van der Waals surface area contributed by atoms with Gasteiger partial charge in [0.1, 0.15) is 54.9 Å². The van der Waals surface area contributed by atoms with Crippen LogP contribution in [0.4, 0.5) is 0 Å². The van der Waals surface area contributed by atoms with Crippen molar-refractivity contribution >= 4 is 6.29 Å². The van der Waals surface area contributed by atoms with Crippen molar-refractivity contribution in [2.24, 2.45) is 0 Å². The Kier molecular flexibility index (Phi) is 8.62. The fourth-order valence-electron chi connectivity index (χ4n) is 2.78. The highest BCUT2D eigenvalue weighted by atomic mass is 16.7. The monoisotopic (exact) mass is 414 g/mol. The van der Waals surface area contributed by atoms with Gasteiger partial charge in [-0.25, -0.2) is 0 Å². The van der Waals surface area contributed by atoms with Crippen molar-refractivity contribution in [3.05, 3.63) is 0 Å². The highest BCUT2D eigenvalue weighted by Crippen LogP contribution is 2.25. The van der Waals surface area contributed by atoms with E-state index in [1.165, 1.54) is 0 Å². The van der Waals surface area contributed by atoms with Crippen LogP contribution in [0, 0.1) is 0 Å². The lowest BCUT2D eigenvalue weighted by Crippen LogP contribution is -2.60. The third-order valence-corrected chi connectivity index (χ3v) is 4.56. The van der Waals surface area contributed by atoms with Crippen LogP contribution in [0.1, 0.15) is 0 Å². The van der Waals surface area contributed by atoms with E-state index < -0.39 is 74.1 Å². The average molecular weight is 414 g/mol. The molecule has 0 aromatic carbocycles. The van der Waals surface area contributed by atoms with Gasteiger partial charge >= 0.3 is 0 Å². The van der Waals surface area contributed by atoms with Gasteiger partial charge in [-0.1, -0.05) is 0 Å². The molecule has 0 unspecified atom stereocenters. The topological polar surface area (TPSA) is 216 Å². The Morgan fingerprint density at radius 1 is 0.929 bits per heavy atom. The lowest BCUT2D eigenvalue weighted by atomic mass is 10.0. The van der Waals surface area contributed by atoms with Crippen molar-refractivity contribution in [3.8, 4) is 0 Å². The van der Waals surface area contributed by atoms with Crippen LogP contribution < -0.4 is 0 Å². The molecule has 8 N–H and O–H groups in total. The van der Waals surface area contributed by atoms with Crippen LogP contribution in [-0.2, 0) is 23.7 Å². The van der Waals surface area contributed by atoms with Crippen molar-refractivity contribution < 1.29 is 64.6 Å². The van der Waals surface area contributed by atoms with Gasteiger partial charge in [0, 0.05) is 0 Å². The number of aliphatic hydroxyl groups excluding tert-OH is 8. The highest BCUT2D eigenvalue weighted by molar-refractivity contribution is 5.56. The summed E-state index contributed by atoms with van der Waals surface area (Å²) in [5.74, 6) is 0. The number of hydrogen-bond acceptors (Lipinski definition) is 13. The molecule has 2 saturated heterocycles. The summed E-state index contributed by atoms with van der Waals surface area (Å²) >= 11 is 0. The number of carbonyl (C=O) groups is 1. The summed E-state index contributed by atoms with van der Waals surface area (Å²) in [5, 5.41) is 77.5. The summed E-state index contributed by atoms with van der Waals surface area (Å²) in [6, 6.07) is 0. The first-order valence-corrected chi connectivity index (χ1v) is 8.58. The molecule has 2 rings (SSSR count). The molecule has 164 valence electrons. The molecule has 2 fully saturated rings. The zero-order valence-corrected chi connectivity index (χ0v) is 14.7. The van der Waals surface area contributed by atoms with E-state index in [4.69, 9.17) is 18.9 Å². The molecule has 0 bridgehead atoms. The van der Waals surface area contributed by atoms with Crippen molar-refractivity contribution in [2.75, 3.05) is 19.8 Å². The summed E-state index contributed by atoms with van der Waals surface area (Å²) < 4.78 is 20.7. The zero-order chi connectivity index (χ0) is 21.0. The van der Waals surface area contributed by atoms with Gasteiger partial charge in [-0.15, -0.1) is 0 Å². The van der Waals surface area contributed by atoms with Crippen LogP contribution in [-0.4, -0.2) is 134 Å². The Bertz CT molecular complexity index is 493. The Morgan fingerprint density at radius 3 is 2.14 bits per heavy atom. The number of ether oxygens (including phenoxy) is 4. The predicted molar refractivity (Wildman–Crippen MR) is 84.4 cm³/mol. The molecule has 0 radical (unpaired) electrons. The maximum Gasteiger partial charge on any atom is 0.186 e. The quantitative estimate of drug-likeness (QED) is 0.174. The van der Waals surface area contributed by atoms with Crippen LogP contribution in [0.3, 0.4) is 0 Å². The summed E-state index contributed by atoms with van der Waals surface area (Å²) in [5.41, 5.74) is 0. The van der Waals surface area contributed by atoms with Crippen LogP contribution in [0.15, 0.2) is 0 Å². The van der Waals surface area contributed by atoms with E-state index in [2.05, 4.69) is 0 Å². The molecule has 0 aromatic heterocycles. The fraction of sp³-hybridized carbons (Fsp3) is 0.933. The smallest absolute Gasteiger partial charge is 0.186 e.